The van der Waals surface area contributed by atoms with Gasteiger partial charge in [0.25, 0.3) is 0 Å². The highest BCUT2D eigenvalue weighted by Gasteiger charge is 2.23. The van der Waals surface area contributed by atoms with Crippen molar-refractivity contribution in [2.24, 2.45) is 5.92 Å². The third-order valence-electron chi connectivity index (χ3n) is 3.91. The van der Waals surface area contributed by atoms with Crippen molar-refractivity contribution in [3.05, 3.63) is 35.1 Å². The van der Waals surface area contributed by atoms with Gasteiger partial charge in [-0.2, -0.15) is 0 Å². The van der Waals surface area contributed by atoms with Gasteiger partial charge in [-0.15, -0.1) is 0 Å². The van der Waals surface area contributed by atoms with Crippen molar-refractivity contribution < 1.29 is 18.3 Å². The van der Waals surface area contributed by atoms with Crippen LogP contribution < -0.4 is 0 Å². The summed E-state index contributed by atoms with van der Waals surface area (Å²) < 4.78 is 39.9. The Hall–Kier alpha value is -1.03. The van der Waals surface area contributed by atoms with E-state index in [2.05, 4.69) is 0 Å². The molecule has 1 aromatic rings. The van der Waals surface area contributed by atoms with Crippen LogP contribution in [0.15, 0.2) is 12.1 Å². The van der Waals surface area contributed by atoms with Gasteiger partial charge in [-0.25, -0.2) is 13.2 Å². The summed E-state index contributed by atoms with van der Waals surface area (Å²) >= 11 is 0. The van der Waals surface area contributed by atoms with Crippen LogP contribution in [-0.4, -0.2) is 5.11 Å². The van der Waals surface area contributed by atoms with Crippen LogP contribution in [0.1, 0.15) is 56.6 Å². The first-order chi connectivity index (χ1) is 9.08. The zero-order chi connectivity index (χ0) is 13.8. The number of benzene rings is 1. The van der Waals surface area contributed by atoms with E-state index in [9.17, 15) is 18.3 Å². The van der Waals surface area contributed by atoms with Crippen molar-refractivity contribution in [2.75, 3.05) is 0 Å². The van der Waals surface area contributed by atoms with E-state index in [0.29, 0.717) is 24.5 Å². The molecule has 0 aromatic heterocycles. The Labute approximate surface area is 111 Å². The lowest BCUT2D eigenvalue weighted by Gasteiger charge is -2.19. The number of aliphatic hydroxyl groups excluding tert-OH is 1. The topological polar surface area (TPSA) is 20.2 Å². The summed E-state index contributed by atoms with van der Waals surface area (Å²) in [6.07, 6.45) is 5.71. The lowest BCUT2D eigenvalue weighted by Crippen LogP contribution is -2.10. The van der Waals surface area contributed by atoms with E-state index in [-0.39, 0.29) is 0 Å². The minimum absolute atomic E-state index is 0.293. The SMILES string of the molecule is OC(CC1CCCCCC1)c1c(F)cc(F)cc1F. The Bertz CT molecular complexity index is 402. The van der Waals surface area contributed by atoms with Gasteiger partial charge in [-0.3, -0.25) is 0 Å². The molecule has 1 aromatic carbocycles. The van der Waals surface area contributed by atoms with E-state index in [1.54, 1.807) is 0 Å². The number of rotatable bonds is 3. The summed E-state index contributed by atoms with van der Waals surface area (Å²) in [6.45, 7) is 0. The molecule has 0 heterocycles. The van der Waals surface area contributed by atoms with E-state index >= 15 is 0 Å². The predicted molar refractivity (Wildman–Crippen MR) is 67.1 cm³/mol. The Balaban J connectivity index is 2.08. The maximum Gasteiger partial charge on any atom is 0.134 e. The van der Waals surface area contributed by atoms with E-state index in [0.717, 1.165) is 25.7 Å². The Morgan fingerprint density at radius 2 is 1.53 bits per heavy atom. The predicted octanol–water partition coefficient (Wildman–Crippen LogP) is 4.50. The normalized spacial score (nSPS) is 19.2. The van der Waals surface area contributed by atoms with Gasteiger partial charge in [0.05, 0.1) is 11.7 Å². The average molecular weight is 272 g/mol. The monoisotopic (exact) mass is 272 g/mol. The van der Waals surface area contributed by atoms with Crippen LogP contribution in [0, 0.1) is 23.4 Å². The summed E-state index contributed by atoms with van der Waals surface area (Å²) in [7, 11) is 0. The summed E-state index contributed by atoms with van der Waals surface area (Å²) in [5.74, 6) is -2.67. The molecule has 2 rings (SSSR count). The fourth-order valence-electron chi connectivity index (χ4n) is 2.90. The van der Waals surface area contributed by atoms with Gasteiger partial charge in [-0.1, -0.05) is 38.5 Å². The van der Waals surface area contributed by atoms with E-state index in [1.807, 2.05) is 0 Å². The molecule has 1 N–H and O–H groups in total. The summed E-state index contributed by atoms with van der Waals surface area (Å²) in [4.78, 5) is 0. The zero-order valence-electron chi connectivity index (χ0n) is 10.8. The van der Waals surface area contributed by atoms with Crippen LogP contribution in [0.3, 0.4) is 0 Å². The van der Waals surface area contributed by atoms with Crippen molar-refractivity contribution in [3.63, 3.8) is 0 Å². The van der Waals surface area contributed by atoms with E-state index in [1.165, 1.54) is 12.8 Å². The molecule has 0 amide bonds. The number of hydrogen-bond donors (Lipinski definition) is 1. The van der Waals surface area contributed by atoms with Gasteiger partial charge in [0.1, 0.15) is 17.5 Å². The molecular formula is C15H19F3O. The van der Waals surface area contributed by atoms with Crippen molar-refractivity contribution in [1.29, 1.82) is 0 Å². The minimum Gasteiger partial charge on any atom is -0.388 e. The second kappa shape index (κ2) is 6.42. The molecule has 0 aliphatic heterocycles. The molecule has 0 saturated heterocycles. The molecule has 1 nitrogen and oxygen atoms in total. The molecule has 106 valence electrons. The molecular weight excluding hydrogens is 253 g/mol. The Morgan fingerprint density at radius 1 is 1.00 bits per heavy atom. The van der Waals surface area contributed by atoms with Crippen LogP contribution >= 0.6 is 0 Å². The van der Waals surface area contributed by atoms with Gasteiger partial charge in [0.15, 0.2) is 0 Å². The standard InChI is InChI=1S/C15H19F3O/c16-11-8-12(17)15(13(18)9-11)14(19)7-10-5-3-1-2-4-6-10/h8-10,14,19H,1-7H2. The molecule has 0 bridgehead atoms. The van der Waals surface area contributed by atoms with Crippen molar-refractivity contribution >= 4 is 0 Å². The smallest absolute Gasteiger partial charge is 0.134 e. The Morgan fingerprint density at radius 3 is 2.05 bits per heavy atom. The van der Waals surface area contributed by atoms with Crippen LogP contribution in [0.2, 0.25) is 0 Å². The third-order valence-corrected chi connectivity index (χ3v) is 3.91. The van der Waals surface area contributed by atoms with Crippen molar-refractivity contribution in [2.45, 2.75) is 51.0 Å². The quantitative estimate of drug-likeness (QED) is 0.803. The summed E-state index contributed by atoms with van der Waals surface area (Å²) in [5.41, 5.74) is -0.398. The second-order valence-corrected chi connectivity index (χ2v) is 5.39. The van der Waals surface area contributed by atoms with Crippen LogP contribution in [0.5, 0.6) is 0 Å². The van der Waals surface area contributed by atoms with Crippen molar-refractivity contribution in [3.8, 4) is 0 Å². The van der Waals surface area contributed by atoms with E-state index < -0.39 is 29.1 Å². The first-order valence-electron chi connectivity index (χ1n) is 6.90. The van der Waals surface area contributed by atoms with Gasteiger partial charge >= 0.3 is 0 Å². The molecule has 1 saturated carbocycles. The maximum atomic E-state index is 13.6. The third kappa shape index (κ3) is 3.72. The number of halogens is 3. The van der Waals surface area contributed by atoms with Crippen LogP contribution in [0.4, 0.5) is 13.2 Å². The van der Waals surface area contributed by atoms with Gasteiger partial charge in [0, 0.05) is 12.1 Å². The molecule has 19 heavy (non-hydrogen) atoms. The molecule has 4 heteroatoms. The van der Waals surface area contributed by atoms with Crippen LogP contribution in [-0.2, 0) is 0 Å². The fraction of sp³-hybridized carbons (Fsp3) is 0.600. The molecule has 0 spiro atoms. The number of aliphatic hydroxyl groups is 1. The van der Waals surface area contributed by atoms with Crippen LogP contribution in [0.25, 0.3) is 0 Å². The second-order valence-electron chi connectivity index (χ2n) is 5.39. The first-order valence-corrected chi connectivity index (χ1v) is 6.90. The molecule has 1 aliphatic carbocycles. The van der Waals surface area contributed by atoms with Crippen molar-refractivity contribution in [1.82, 2.24) is 0 Å². The number of hydrogen-bond acceptors (Lipinski definition) is 1. The lowest BCUT2D eigenvalue weighted by molar-refractivity contribution is 0.130. The molecule has 1 fully saturated rings. The summed E-state index contributed by atoms with van der Waals surface area (Å²) in [6, 6.07) is 1.24. The highest BCUT2D eigenvalue weighted by Crippen LogP contribution is 2.33. The molecule has 1 aliphatic rings. The average Bonchev–Trinajstić information content (AvgIpc) is 2.56. The zero-order valence-corrected chi connectivity index (χ0v) is 10.8. The first kappa shape index (κ1) is 14.4. The Kier molecular flexibility index (Phi) is 4.86. The highest BCUT2D eigenvalue weighted by molar-refractivity contribution is 5.23. The molecule has 0 radical (unpaired) electrons. The fourth-order valence-corrected chi connectivity index (χ4v) is 2.90. The lowest BCUT2D eigenvalue weighted by atomic mass is 9.90. The minimum atomic E-state index is -1.19. The van der Waals surface area contributed by atoms with Gasteiger partial charge < -0.3 is 5.11 Å². The van der Waals surface area contributed by atoms with Gasteiger partial charge in [0.2, 0.25) is 0 Å². The van der Waals surface area contributed by atoms with Gasteiger partial charge in [-0.05, 0) is 12.3 Å². The largest absolute Gasteiger partial charge is 0.388 e. The van der Waals surface area contributed by atoms with E-state index in [4.69, 9.17) is 0 Å². The highest BCUT2D eigenvalue weighted by atomic mass is 19.1. The summed E-state index contributed by atoms with van der Waals surface area (Å²) in [5, 5.41) is 10.0. The maximum absolute atomic E-state index is 13.6. The molecule has 1 unspecified atom stereocenters. The molecule has 1 atom stereocenters.